The van der Waals surface area contributed by atoms with Crippen molar-refractivity contribution in [3.63, 3.8) is 0 Å². The van der Waals surface area contributed by atoms with E-state index < -0.39 is 0 Å². The van der Waals surface area contributed by atoms with E-state index in [9.17, 15) is 0 Å². The summed E-state index contributed by atoms with van der Waals surface area (Å²) < 4.78 is 0. The lowest BCUT2D eigenvalue weighted by atomic mass is 9.91. The van der Waals surface area contributed by atoms with Gasteiger partial charge in [0.05, 0.1) is 0 Å². The molecule has 0 radical (unpaired) electrons. The Kier molecular flexibility index (Phi) is 7.42. The second kappa shape index (κ2) is 8.32. The third-order valence-electron chi connectivity index (χ3n) is 3.77. The largest absolute Gasteiger partial charge is 0.303 e. The van der Waals surface area contributed by atoms with E-state index in [1.54, 1.807) is 0 Å². The Labute approximate surface area is 106 Å². The van der Waals surface area contributed by atoms with Crippen molar-refractivity contribution in [3.05, 3.63) is 0 Å². The molecule has 0 N–H and O–H groups in total. The lowest BCUT2D eigenvalue weighted by Crippen LogP contribution is -2.44. The lowest BCUT2D eigenvalue weighted by molar-refractivity contribution is 0.111. The van der Waals surface area contributed by atoms with Crippen molar-refractivity contribution in [2.45, 2.75) is 45.6 Å². The lowest BCUT2D eigenvalue weighted by Gasteiger charge is -2.38. The van der Waals surface area contributed by atoms with E-state index in [0.29, 0.717) is 0 Å². The van der Waals surface area contributed by atoms with Crippen molar-refractivity contribution in [2.75, 3.05) is 38.6 Å². The molecule has 1 aliphatic rings. The van der Waals surface area contributed by atoms with Crippen LogP contribution in [0.3, 0.4) is 0 Å². The molecule has 3 heteroatoms. The average Bonchev–Trinajstić information content (AvgIpc) is 2.24. The summed E-state index contributed by atoms with van der Waals surface area (Å²) in [5, 5.41) is 0. The summed E-state index contributed by atoms with van der Waals surface area (Å²) in [7, 11) is 0. The van der Waals surface area contributed by atoms with Crippen LogP contribution >= 0.6 is 11.6 Å². The zero-order chi connectivity index (χ0) is 11.8. The molecular weight excluding hydrogens is 220 g/mol. The minimum absolute atomic E-state index is 0.800. The smallest absolute Gasteiger partial charge is 0.0235 e. The summed E-state index contributed by atoms with van der Waals surface area (Å²) in [6.07, 6.45) is 5.37. The highest BCUT2D eigenvalue weighted by atomic mass is 35.5. The average molecular weight is 247 g/mol. The van der Waals surface area contributed by atoms with Gasteiger partial charge in [0.15, 0.2) is 0 Å². The van der Waals surface area contributed by atoms with Gasteiger partial charge in [0, 0.05) is 25.0 Å². The number of halogens is 1. The molecule has 0 atom stereocenters. The van der Waals surface area contributed by atoms with E-state index >= 15 is 0 Å². The fraction of sp³-hybridized carbons (Fsp3) is 1.00. The van der Waals surface area contributed by atoms with Gasteiger partial charge >= 0.3 is 0 Å². The Hall–Kier alpha value is 0.210. The molecule has 0 aromatic rings. The number of nitrogens with zero attached hydrogens (tertiary/aromatic N) is 2. The normalized spacial score (nSPS) is 17.1. The summed E-state index contributed by atoms with van der Waals surface area (Å²) >= 11 is 5.79. The third kappa shape index (κ3) is 4.60. The molecule has 0 amide bonds. The Bertz CT molecular complexity index is 167. The summed E-state index contributed by atoms with van der Waals surface area (Å²) in [6, 6.07) is 0.860. The van der Waals surface area contributed by atoms with Crippen LogP contribution in [0.1, 0.15) is 39.5 Å². The van der Waals surface area contributed by atoms with E-state index in [1.165, 1.54) is 52.0 Å². The molecule has 16 heavy (non-hydrogen) atoms. The van der Waals surface area contributed by atoms with Crippen molar-refractivity contribution < 1.29 is 0 Å². The molecule has 96 valence electrons. The highest BCUT2D eigenvalue weighted by Gasteiger charge is 2.24. The molecule has 2 nitrogen and oxygen atoms in total. The quantitative estimate of drug-likeness (QED) is 0.578. The van der Waals surface area contributed by atoms with Crippen LogP contribution in [0.15, 0.2) is 0 Å². The van der Waals surface area contributed by atoms with Gasteiger partial charge in [-0.2, -0.15) is 0 Å². The maximum absolute atomic E-state index is 5.79. The summed E-state index contributed by atoms with van der Waals surface area (Å²) in [5.41, 5.74) is 0. The van der Waals surface area contributed by atoms with E-state index in [1.807, 2.05) is 0 Å². The van der Waals surface area contributed by atoms with E-state index in [2.05, 4.69) is 23.6 Å². The Morgan fingerprint density at radius 2 is 1.75 bits per heavy atom. The van der Waals surface area contributed by atoms with E-state index in [-0.39, 0.29) is 0 Å². The first-order valence-corrected chi connectivity index (χ1v) is 7.37. The predicted octanol–water partition coefficient (Wildman–Crippen LogP) is 2.81. The van der Waals surface area contributed by atoms with Gasteiger partial charge in [-0.15, -0.1) is 11.6 Å². The number of rotatable bonds is 9. The van der Waals surface area contributed by atoms with Gasteiger partial charge in [0.1, 0.15) is 0 Å². The molecule has 0 saturated heterocycles. The second-order valence-corrected chi connectivity index (χ2v) is 5.07. The van der Waals surface area contributed by atoms with Crippen molar-refractivity contribution in [1.29, 1.82) is 0 Å². The molecule has 1 aliphatic carbocycles. The molecule has 0 aromatic heterocycles. The molecule has 0 spiro atoms. The summed E-state index contributed by atoms with van der Waals surface area (Å²) in [5.74, 6) is 0.800. The summed E-state index contributed by atoms with van der Waals surface area (Å²) in [6.45, 7) is 10.5. The first-order valence-electron chi connectivity index (χ1n) is 6.84. The van der Waals surface area contributed by atoms with Gasteiger partial charge in [-0.05, 0) is 38.9 Å². The van der Waals surface area contributed by atoms with E-state index in [4.69, 9.17) is 11.6 Å². The zero-order valence-corrected chi connectivity index (χ0v) is 11.7. The number of hydrogen-bond donors (Lipinski definition) is 0. The Balaban J connectivity index is 2.25. The monoisotopic (exact) mass is 246 g/mol. The van der Waals surface area contributed by atoms with Crippen molar-refractivity contribution in [2.24, 2.45) is 0 Å². The fourth-order valence-corrected chi connectivity index (χ4v) is 2.42. The fourth-order valence-electron chi connectivity index (χ4n) is 2.30. The highest BCUT2D eigenvalue weighted by molar-refractivity contribution is 6.17. The topological polar surface area (TPSA) is 6.48 Å². The molecule has 0 aromatic carbocycles. The van der Waals surface area contributed by atoms with Crippen LogP contribution in [-0.4, -0.2) is 54.4 Å². The van der Waals surface area contributed by atoms with Crippen LogP contribution < -0.4 is 0 Å². The predicted molar refractivity (Wildman–Crippen MR) is 72.3 cm³/mol. The molecule has 1 saturated carbocycles. The van der Waals surface area contributed by atoms with Gasteiger partial charge in [-0.1, -0.05) is 20.3 Å². The van der Waals surface area contributed by atoms with Gasteiger partial charge < -0.3 is 4.90 Å². The van der Waals surface area contributed by atoms with Crippen molar-refractivity contribution in [3.8, 4) is 0 Å². The minimum atomic E-state index is 0.800. The van der Waals surface area contributed by atoms with E-state index in [0.717, 1.165) is 18.3 Å². The Morgan fingerprint density at radius 1 is 1.06 bits per heavy atom. The SMILES string of the molecule is CCN(CC)CCN(CCCCl)C1CCC1. The Morgan fingerprint density at radius 3 is 2.19 bits per heavy atom. The maximum Gasteiger partial charge on any atom is 0.0235 e. The zero-order valence-electron chi connectivity index (χ0n) is 10.9. The molecule has 0 unspecified atom stereocenters. The number of likely N-dealkylation sites (N-methyl/N-ethyl adjacent to an activating group) is 1. The second-order valence-electron chi connectivity index (χ2n) is 4.69. The number of hydrogen-bond acceptors (Lipinski definition) is 2. The van der Waals surface area contributed by atoms with Gasteiger partial charge in [-0.3, -0.25) is 4.90 Å². The third-order valence-corrected chi connectivity index (χ3v) is 4.04. The van der Waals surface area contributed by atoms with Crippen molar-refractivity contribution in [1.82, 2.24) is 9.80 Å². The number of alkyl halides is 1. The van der Waals surface area contributed by atoms with Crippen LogP contribution in [-0.2, 0) is 0 Å². The minimum Gasteiger partial charge on any atom is -0.303 e. The molecule has 0 heterocycles. The standard InChI is InChI=1S/C13H27ClN2/c1-3-15(4-2)11-12-16(10-6-9-14)13-7-5-8-13/h13H,3-12H2,1-2H3. The van der Waals surface area contributed by atoms with Gasteiger partial charge in [0.25, 0.3) is 0 Å². The van der Waals surface area contributed by atoms with Crippen molar-refractivity contribution >= 4 is 11.6 Å². The first-order chi connectivity index (χ1) is 7.81. The van der Waals surface area contributed by atoms with Crippen LogP contribution in [0.25, 0.3) is 0 Å². The maximum atomic E-state index is 5.79. The van der Waals surface area contributed by atoms with Gasteiger partial charge in [0.2, 0.25) is 0 Å². The summed E-state index contributed by atoms with van der Waals surface area (Å²) in [4.78, 5) is 5.16. The highest BCUT2D eigenvalue weighted by Crippen LogP contribution is 2.24. The molecule has 1 fully saturated rings. The van der Waals surface area contributed by atoms with Crippen LogP contribution in [0.2, 0.25) is 0 Å². The van der Waals surface area contributed by atoms with Gasteiger partial charge in [-0.25, -0.2) is 0 Å². The molecular formula is C13H27ClN2. The van der Waals surface area contributed by atoms with Crippen LogP contribution in [0.5, 0.6) is 0 Å². The first kappa shape index (κ1) is 14.3. The molecule has 0 bridgehead atoms. The molecule has 1 rings (SSSR count). The van der Waals surface area contributed by atoms with Crippen LogP contribution in [0, 0.1) is 0 Å². The molecule has 0 aliphatic heterocycles. The van der Waals surface area contributed by atoms with Crippen LogP contribution in [0.4, 0.5) is 0 Å².